The van der Waals surface area contributed by atoms with E-state index in [0.717, 1.165) is 44.1 Å². The standard InChI is InChI=1S/C20H28N2O4.C6H12.C2H6O/c23-15-17-12-16-8-5-6-9-18(13-16)26-11-7-3-1-2-4-10-19(24)21-14-20(25)22-17;1-2-4-6-5-3-1;1-3-2/h5-6,8-9,13,15-17H,1-4,7,10-12,14H2,(H,21,24)(H,22,25);1-6H2;1-2H3. The Morgan fingerprint density at radius 2 is 1.49 bits per heavy atom. The molecule has 35 heavy (non-hydrogen) atoms. The van der Waals surface area contributed by atoms with Gasteiger partial charge in [0.25, 0.3) is 0 Å². The van der Waals surface area contributed by atoms with Gasteiger partial charge in [0.05, 0.1) is 19.2 Å². The number of hydrogen-bond acceptors (Lipinski definition) is 5. The van der Waals surface area contributed by atoms with Crippen LogP contribution in [0.5, 0.6) is 0 Å². The van der Waals surface area contributed by atoms with Crippen LogP contribution in [-0.4, -0.2) is 51.5 Å². The molecule has 0 radical (unpaired) electrons. The van der Waals surface area contributed by atoms with Crippen LogP contribution in [-0.2, 0) is 23.9 Å². The van der Waals surface area contributed by atoms with Crippen molar-refractivity contribution in [1.29, 1.82) is 0 Å². The molecule has 198 valence electrons. The minimum atomic E-state index is -0.608. The van der Waals surface area contributed by atoms with E-state index in [-0.39, 0.29) is 24.3 Å². The van der Waals surface area contributed by atoms with Crippen molar-refractivity contribution >= 4 is 18.1 Å². The average Bonchev–Trinajstić information content (AvgIpc) is 3.10. The Hall–Kier alpha value is -2.41. The molecule has 2 aliphatic carbocycles. The van der Waals surface area contributed by atoms with E-state index in [1.807, 2.05) is 30.4 Å². The average molecular weight is 491 g/mol. The number of carbonyl (C=O) groups excluding carboxylic acids is 3. The fourth-order valence-corrected chi connectivity index (χ4v) is 4.06. The summed E-state index contributed by atoms with van der Waals surface area (Å²) in [5.41, 5.74) is 0. The highest BCUT2D eigenvalue weighted by Crippen LogP contribution is 2.18. The first-order valence-corrected chi connectivity index (χ1v) is 13.2. The van der Waals surface area contributed by atoms with Gasteiger partial charge in [-0.25, -0.2) is 0 Å². The fourth-order valence-electron chi connectivity index (χ4n) is 4.06. The summed E-state index contributed by atoms with van der Waals surface area (Å²) in [6.45, 7) is 0.548. The minimum absolute atomic E-state index is 0.0102. The topological polar surface area (TPSA) is 93.7 Å². The van der Waals surface area contributed by atoms with E-state index < -0.39 is 6.04 Å². The summed E-state index contributed by atoms with van der Waals surface area (Å²) >= 11 is 0. The molecule has 7 heteroatoms. The van der Waals surface area contributed by atoms with Crippen molar-refractivity contribution in [1.82, 2.24) is 10.6 Å². The van der Waals surface area contributed by atoms with E-state index in [9.17, 15) is 14.4 Å². The Morgan fingerprint density at radius 3 is 2.11 bits per heavy atom. The lowest BCUT2D eigenvalue weighted by Crippen LogP contribution is -2.43. The molecule has 7 nitrogen and oxygen atoms in total. The lowest BCUT2D eigenvalue weighted by atomic mass is 9.99. The van der Waals surface area contributed by atoms with Gasteiger partial charge in [0.2, 0.25) is 11.8 Å². The van der Waals surface area contributed by atoms with Gasteiger partial charge < -0.3 is 24.9 Å². The molecular weight excluding hydrogens is 444 g/mol. The molecule has 2 atom stereocenters. The summed E-state index contributed by atoms with van der Waals surface area (Å²) in [6.07, 6.45) is 25.2. The van der Waals surface area contributed by atoms with Crippen LogP contribution in [0, 0.1) is 5.92 Å². The third kappa shape index (κ3) is 16.8. The molecule has 0 aromatic heterocycles. The zero-order chi connectivity index (χ0) is 25.6. The lowest BCUT2D eigenvalue weighted by molar-refractivity contribution is -0.127. The predicted octanol–water partition coefficient (Wildman–Crippen LogP) is 4.78. The fraction of sp³-hybridized carbons (Fsp3) is 0.679. The Balaban J connectivity index is 0.000000572. The molecule has 2 unspecified atom stereocenters. The van der Waals surface area contributed by atoms with Gasteiger partial charge in [0, 0.05) is 26.6 Å². The number of aldehydes is 1. The third-order valence-electron chi connectivity index (χ3n) is 5.91. The maximum atomic E-state index is 12.0. The molecular formula is C28H46N2O5. The molecule has 2 amide bonds. The summed E-state index contributed by atoms with van der Waals surface area (Å²) < 4.78 is 10.1. The van der Waals surface area contributed by atoms with Crippen LogP contribution in [0.3, 0.4) is 0 Å². The summed E-state index contributed by atoms with van der Waals surface area (Å²) in [4.78, 5) is 35.1. The second-order valence-corrected chi connectivity index (χ2v) is 9.20. The van der Waals surface area contributed by atoms with Gasteiger partial charge in [-0.2, -0.15) is 0 Å². The zero-order valence-corrected chi connectivity index (χ0v) is 21.8. The van der Waals surface area contributed by atoms with Crippen LogP contribution in [0.15, 0.2) is 36.1 Å². The highest BCUT2D eigenvalue weighted by molar-refractivity contribution is 5.86. The molecule has 2 bridgehead atoms. The number of ether oxygens (including phenoxy) is 2. The predicted molar refractivity (Wildman–Crippen MR) is 140 cm³/mol. The Bertz CT molecular complexity index is 671. The highest BCUT2D eigenvalue weighted by Gasteiger charge is 2.17. The monoisotopic (exact) mass is 490 g/mol. The van der Waals surface area contributed by atoms with Crippen LogP contribution < -0.4 is 10.6 Å². The third-order valence-corrected chi connectivity index (χ3v) is 5.91. The zero-order valence-electron chi connectivity index (χ0n) is 21.8. The normalized spacial score (nSPS) is 24.1. The first-order valence-electron chi connectivity index (χ1n) is 13.2. The van der Waals surface area contributed by atoms with Crippen molar-refractivity contribution in [2.45, 2.75) is 89.5 Å². The van der Waals surface area contributed by atoms with E-state index in [0.29, 0.717) is 19.4 Å². The maximum Gasteiger partial charge on any atom is 0.239 e. The summed E-state index contributed by atoms with van der Waals surface area (Å²) in [5.74, 6) is 0.304. The molecule has 0 aromatic carbocycles. The van der Waals surface area contributed by atoms with E-state index >= 15 is 0 Å². The summed E-state index contributed by atoms with van der Waals surface area (Å²) in [5, 5.41) is 5.28. The molecule has 0 saturated heterocycles. The maximum absolute atomic E-state index is 12.0. The van der Waals surface area contributed by atoms with E-state index in [2.05, 4.69) is 15.4 Å². The Kier molecular flexibility index (Phi) is 18.3. The second-order valence-electron chi connectivity index (χ2n) is 9.20. The van der Waals surface area contributed by atoms with Crippen molar-refractivity contribution < 1.29 is 23.9 Å². The molecule has 1 heterocycles. The number of rotatable bonds is 1. The van der Waals surface area contributed by atoms with Crippen LogP contribution in [0.1, 0.15) is 83.5 Å². The molecule has 1 aliphatic heterocycles. The molecule has 0 spiro atoms. The van der Waals surface area contributed by atoms with E-state index in [1.54, 1.807) is 14.2 Å². The molecule has 3 aliphatic rings. The highest BCUT2D eigenvalue weighted by atomic mass is 16.5. The van der Waals surface area contributed by atoms with E-state index in [4.69, 9.17) is 4.74 Å². The first-order chi connectivity index (χ1) is 17.1. The number of carbonyl (C=O) groups is 3. The summed E-state index contributed by atoms with van der Waals surface area (Å²) in [6, 6.07) is -0.608. The smallest absolute Gasteiger partial charge is 0.239 e. The minimum Gasteiger partial charge on any atom is -0.494 e. The number of nitrogens with one attached hydrogen (secondary N) is 2. The van der Waals surface area contributed by atoms with Gasteiger partial charge in [-0.1, -0.05) is 76.0 Å². The Morgan fingerprint density at radius 1 is 0.886 bits per heavy atom. The van der Waals surface area contributed by atoms with Gasteiger partial charge in [0.15, 0.2) is 0 Å². The SMILES string of the molecule is C1CCCCC1.COC.O=CC1CC2C=CC=CC(=C2)OCCCCCCCC(=O)NCC(=O)N1. The van der Waals surface area contributed by atoms with Crippen molar-refractivity contribution in [2.75, 3.05) is 27.4 Å². The van der Waals surface area contributed by atoms with E-state index in [1.165, 1.54) is 38.5 Å². The number of amides is 2. The van der Waals surface area contributed by atoms with Crippen molar-refractivity contribution in [3.8, 4) is 0 Å². The lowest BCUT2D eigenvalue weighted by Gasteiger charge is -2.17. The van der Waals surface area contributed by atoms with Crippen molar-refractivity contribution in [3.05, 3.63) is 36.1 Å². The quantitative estimate of drug-likeness (QED) is 0.516. The number of hydrogen-bond donors (Lipinski definition) is 2. The van der Waals surface area contributed by atoms with Gasteiger partial charge in [-0.15, -0.1) is 0 Å². The van der Waals surface area contributed by atoms with Gasteiger partial charge in [0.1, 0.15) is 12.0 Å². The van der Waals surface area contributed by atoms with Gasteiger partial charge >= 0.3 is 0 Å². The van der Waals surface area contributed by atoms with Crippen LogP contribution in [0.4, 0.5) is 0 Å². The number of allylic oxidation sites excluding steroid dienone is 5. The van der Waals surface area contributed by atoms with Crippen LogP contribution in [0.25, 0.3) is 0 Å². The first kappa shape index (κ1) is 30.6. The summed E-state index contributed by atoms with van der Waals surface area (Å²) in [7, 11) is 3.25. The second kappa shape index (κ2) is 20.9. The van der Waals surface area contributed by atoms with Crippen LogP contribution >= 0.6 is 0 Å². The van der Waals surface area contributed by atoms with Gasteiger partial charge in [-0.05, 0) is 31.4 Å². The van der Waals surface area contributed by atoms with Crippen molar-refractivity contribution in [3.63, 3.8) is 0 Å². The number of fused-ring (bicyclic) bond motifs is 1. The molecule has 2 N–H and O–H groups in total. The Labute approximate surface area is 211 Å². The molecule has 1 fully saturated rings. The largest absolute Gasteiger partial charge is 0.494 e. The van der Waals surface area contributed by atoms with Crippen LogP contribution in [0.2, 0.25) is 0 Å². The number of methoxy groups -OCH3 is 1. The van der Waals surface area contributed by atoms with Gasteiger partial charge in [-0.3, -0.25) is 9.59 Å². The molecule has 3 rings (SSSR count). The molecule has 1 saturated carbocycles. The van der Waals surface area contributed by atoms with Crippen molar-refractivity contribution in [2.24, 2.45) is 5.92 Å². The molecule has 0 aromatic rings.